The Morgan fingerprint density at radius 3 is 2.75 bits per heavy atom. The number of aromatic nitrogens is 3. The maximum Gasteiger partial charge on any atom is 0.422 e. The molecule has 0 unspecified atom stereocenters. The highest BCUT2D eigenvalue weighted by Crippen LogP contribution is 2.28. The van der Waals surface area contributed by atoms with Gasteiger partial charge in [-0.1, -0.05) is 17.7 Å². The monoisotopic (exact) mass is 413 g/mol. The minimum Gasteiger partial charge on any atom is -0.483 e. The third-order valence-corrected chi connectivity index (χ3v) is 3.98. The zero-order valence-electron chi connectivity index (χ0n) is 14.7. The molecule has 10 heteroatoms. The molecule has 0 spiro atoms. The minimum atomic E-state index is -4.44. The molecule has 0 bridgehead atoms. The molecule has 3 rings (SSSR count). The lowest BCUT2D eigenvalue weighted by Gasteiger charge is -2.11. The summed E-state index contributed by atoms with van der Waals surface area (Å²) in [5.74, 6) is -0.593. The van der Waals surface area contributed by atoms with E-state index in [4.69, 9.17) is 16.3 Å². The van der Waals surface area contributed by atoms with E-state index in [9.17, 15) is 18.0 Å². The van der Waals surface area contributed by atoms with Gasteiger partial charge < -0.3 is 9.47 Å². The molecule has 0 amide bonds. The molecule has 148 valence electrons. The van der Waals surface area contributed by atoms with E-state index in [-0.39, 0.29) is 29.6 Å². The number of fused-ring (bicyclic) bond motifs is 1. The SMILES string of the molecule is CCOC(=O)c1nccc2nn(Cc3ccc(OCC(F)(F)F)c(Cl)c3)cc12. The van der Waals surface area contributed by atoms with Gasteiger partial charge in [0.15, 0.2) is 12.3 Å². The molecule has 0 atom stereocenters. The number of nitrogens with zero attached hydrogens (tertiary/aromatic N) is 3. The molecule has 0 aliphatic heterocycles. The van der Waals surface area contributed by atoms with E-state index in [0.717, 1.165) is 0 Å². The molecule has 0 N–H and O–H groups in total. The van der Waals surface area contributed by atoms with Gasteiger partial charge in [0.2, 0.25) is 0 Å². The molecule has 0 aliphatic carbocycles. The van der Waals surface area contributed by atoms with Crippen molar-refractivity contribution in [2.24, 2.45) is 0 Å². The second-order valence-electron chi connectivity index (χ2n) is 5.81. The van der Waals surface area contributed by atoms with Gasteiger partial charge in [0.1, 0.15) is 5.75 Å². The maximum absolute atomic E-state index is 12.3. The number of alkyl halides is 3. The lowest BCUT2D eigenvalue weighted by Crippen LogP contribution is -2.19. The summed E-state index contributed by atoms with van der Waals surface area (Å²) in [5, 5.41) is 4.98. The summed E-state index contributed by atoms with van der Waals surface area (Å²) in [6.07, 6.45) is -1.33. The Labute approximate surface area is 162 Å². The number of esters is 1. The van der Waals surface area contributed by atoms with Gasteiger partial charge in [-0.2, -0.15) is 18.3 Å². The smallest absolute Gasteiger partial charge is 0.422 e. The van der Waals surface area contributed by atoms with E-state index in [1.54, 1.807) is 29.9 Å². The maximum atomic E-state index is 12.3. The summed E-state index contributed by atoms with van der Waals surface area (Å²) < 4.78 is 48.0. The highest BCUT2D eigenvalue weighted by molar-refractivity contribution is 6.32. The Morgan fingerprint density at radius 1 is 1.29 bits per heavy atom. The second-order valence-corrected chi connectivity index (χ2v) is 6.22. The van der Waals surface area contributed by atoms with Crippen LogP contribution in [-0.4, -0.2) is 40.1 Å². The van der Waals surface area contributed by atoms with E-state index in [1.165, 1.54) is 18.3 Å². The lowest BCUT2D eigenvalue weighted by molar-refractivity contribution is -0.153. The molecule has 1 aromatic carbocycles. The summed E-state index contributed by atoms with van der Waals surface area (Å²) >= 11 is 6.01. The van der Waals surface area contributed by atoms with Gasteiger partial charge >= 0.3 is 12.1 Å². The van der Waals surface area contributed by atoms with Crippen LogP contribution in [0.4, 0.5) is 13.2 Å². The predicted molar refractivity (Wildman–Crippen MR) is 95.6 cm³/mol. The van der Waals surface area contributed by atoms with Crippen molar-refractivity contribution in [3.05, 3.63) is 52.9 Å². The first-order valence-corrected chi connectivity index (χ1v) is 8.62. The summed E-state index contributed by atoms with van der Waals surface area (Å²) in [6.45, 7) is 0.802. The van der Waals surface area contributed by atoms with Crippen LogP contribution in [0.2, 0.25) is 5.02 Å². The summed E-state index contributed by atoms with van der Waals surface area (Å²) in [6, 6.07) is 6.13. The molecule has 2 aromatic heterocycles. The van der Waals surface area contributed by atoms with Crippen molar-refractivity contribution in [3.8, 4) is 5.75 Å². The topological polar surface area (TPSA) is 66.2 Å². The summed E-state index contributed by atoms with van der Waals surface area (Å²) in [4.78, 5) is 16.1. The van der Waals surface area contributed by atoms with Crippen molar-refractivity contribution >= 4 is 28.5 Å². The Kier molecular flexibility index (Phi) is 5.73. The Morgan fingerprint density at radius 2 is 2.07 bits per heavy atom. The standard InChI is InChI=1S/C18H15ClF3N3O3/c1-2-27-17(26)16-12-9-25(24-14(12)5-6-23-16)8-11-3-4-15(13(19)7-11)28-10-18(20,21)22/h3-7,9H,2,8,10H2,1H3. The number of hydrogen-bond donors (Lipinski definition) is 0. The number of pyridine rings is 1. The van der Waals surface area contributed by atoms with Gasteiger partial charge in [-0.15, -0.1) is 0 Å². The number of ether oxygens (including phenoxy) is 2. The van der Waals surface area contributed by atoms with E-state index in [0.29, 0.717) is 16.5 Å². The molecule has 0 saturated carbocycles. The third kappa shape index (κ3) is 4.72. The lowest BCUT2D eigenvalue weighted by atomic mass is 10.2. The largest absolute Gasteiger partial charge is 0.483 e. The van der Waals surface area contributed by atoms with E-state index in [2.05, 4.69) is 14.8 Å². The van der Waals surface area contributed by atoms with Crippen LogP contribution in [0, 0.1) is 0 Å². The molecule has 0 aliphatic rings. The molecule has 0 saturated heterocycles. The van der Waals surface area contributed by atoms with Crippen molar-refractivity contribution < 1.29 is 27.4 Å². The second kappa shape index (κ2) is 8.05. The van der Waals surface area contributed by atoms with Crippen LogP contribution in [0.3, 0.4) is 0 Å². The van der Waals surface area contributed by atoms with Crippen LogP contribution >= 0.6 is 11.6 Å². The van der Waals surface area contributed by atoms with E-state index in [1.807, 2.05) is 0 Å². The van der Waals surface area contributed by atoms with Crippen LogP contribution in [0.1, 0.15) is 23.0 Å². The first-order chi connectivity index (χ1) is 13.3. The van der Waals surface area contributed by atoms with E-state index >= 15 is 0 Å². The fraction of sp³-hybridized carbons (Fsp3) is 0.278. The first-order valence-electron chi connectivity index (χ1n) is 8.24. The Hall–Kier alpha value is -2.81. The Balaban J connectivity index is 1.80. The highest BCUT2D eigenvalue weighted by Gasteiger charge is 2.28. The van der Waals surface area contributed by atoms with Crippen LogP contribution in [-0.2, 0) is 11.3 Å². The van der Waals surface area contributed by atoms with Gasteiger partial charge in [0.05, 0.1) is 29.1 Å². The third-order valence-electron chi connectivity index (χ3n) is 3.68. The molecule has 28 heavy (non-hydrogen) atoms. The minimum absolute atomic E-state index is 0.0536. The molecule has 2 heterocycles. The van der Waals surface area contributed by atoms with Crippen LogP contribution in [0.25, 0.3) is 10.9 Å². The molecular formula is C18H15ClF3N3O3. The first kappa shape index (κ1) is 19.9. The zero-order chi connectivity index (χ0) is 20.3. The van der Waals surface area contributed by atoms with Crippen LogP contribution in [0.5, 0.6) is 5.75 Å². The van der Waals surface area contributed by atoms with Crippen molar-refractivity contribution in [1.82, 2.24) is 14.8 Å². The average molecular weight is 414 g/mol. The zero-order valence-corrected chi connectivity index (χ0v) is 15.4. The number of benzene rings is 1. The van der Waals surface area contributed by atoms with E-state index < -0.39 is 18.8 Å². The molecular weight excluding hydrogens is 399 g/mol. The average Bonchev–Trinajstić information content (AvgIpc) is 3.02. The van der Waals surface area contributed by atoms with Crippen LogP contribution < -0.4 is 4.74 Å². The molecule has 0 fully saturated rings. The molecule has 6 nitrogen and oxygen atoms in total. The predicted octanol–water partition coefficient (Wildman–Crippen LogP) is 4.25. The summed E-state index contributed by atoms with van der Waals surface area (Å²) in [7, 11) is 0. The van der Waals surface area contributed by atoms with Gasteiger partial charge in [0.25, 0.3) is 0 Å². The fourth-order valence-electron chi connectivity index (χ4n) is 2.54. The fourth-order valence-corrected chi connectivity index (χ4v) is 2.80. The summed E-state index contributed by atoms with van der Waals surface area (Å²) in [5.41, 5.74) is 1.43. The normalized spacial score (nSPS) is 11.6. The number of hydrogen-bond acceptors (Lipinski definition) is 5. The number of carbonyl (C=O) groups is 1. The Bertz CT molecular complexity index is 1000. The van der Waals surface area contributed by atoms with Crippen molar-refractivity contribution in [1.29, 1.82) is 0 Å². The number of carbonyl (C=O) groups excluding carboxylic acids is 1. The molecule has 0 radical (unpaired) electrons. The van der Waals surface area contributed by atoms with Gasteiger partial charge in [-0.05, 0) is 30.7 Å². The van der Waals surface area contributed by atoms with Gasteiger partial charge in [0, 0.05) is 12.4 Å². The number of halogens is 4. The molecule has 3 aromatic rings. The van der Waals surface area contributed by atoms with Gasteiger partial charge in [-0.3, -0.25) is 4.68 Å². The quantitative estimate of drug-likeness (QED) is 0.565. The van der Waals surface area contributed by atoms with Crippen molar-refractivity contribution in [2.75, 3.05) is 13.2 Å². The van der Waals surface area contributed by atoms with Crippen LogP contribution in [0.15, 0.2) is 36.7 Å². The van der Waals surface area contributed by atoms with Gasteiger partial charge in [-0.25, -0.2) is 9.78 Å². The van der Waals surface area contributed by atoms with Crippen molar-refractivity contribution in [2.45, 2.75) is 19.6 Å². The number of rotatable bonds is 6. The highest BCUT2D eigenvalue weighted by atomic mass is 35.5. The van der Waals surface area contributed by atoms with Crippen molar-refractivity contribution in [3.63, 3.8) is 0 Å².